The molecule has 2 amide bonds. The SMILES string of the molecule is O=C(NC1CCCCC1)c1c(NC(=O)[C@H]2[C@H]3CC[C@@H](C3)[C@H]2C(=O)O)sc2c1CCCC2. The van der Waals surface area contributed by atoms with E-state index in [0.29, 0.717) is 10.6 Å². The molecule has 2 bridgehead atoms. The molecule has 31 heavy (non-hydrogen) atoms. The van der Waals surface area contributed by atoms with Gasteiger partial charge in [0.15, 0.2) is 0 Å². The molecule has 1 aromatic heterocycles. The third-order valence-corrected chi connectivity index (χ3v) is 9.29. The van der Waals surface area contributed by atoms with E-state index in [0.717, 1.165) is 76.2 Å². The number of thiophene rings is 1. The van der Waals surface area contributed by atoms with Crippen LogP contribution in [0.5, 0.6) is 0 Å². The monoisotopic (exact) mass is 444 g/mol. The van der Waals surface area contributed by atoms with Gasteiger partial charge in [-0.2, -0.15) is 0 Å². The lowest BCUT2D eigenvalue weighted by atomic mass is 9.78. The summed E-state index contributed by atoms with van der Waals surface area (Å²) in [5.74, 6) is -1.93. The van der Waals surface area contributed by atoms with Crippen molar-refractivity contribution in [3.63, 3.8) is 0 Å². The van der Waals surface area contributed by atoms with Gasteiger partial charge in [0, 0.05) is 10.9 Å². The molecule has 5 rings (SSSR count). The zero-order valence-electron chi connectivity index (χ0n) is 18.0. The molecule has 0 aliphatic heterocycles. The number of carboxylic acid groups (broad SMARTS) is 1. The highest BCUT2D eigenvalue weighted by Crippen LogP contribution is 2.53. The molecule has 1 aromatic rings. The fraction of sp³-hybridized carbons (Fsp3) is 0.708. The van der Waals surface area contributed by atoms with E-state index in [4.69, 9.17) is 0 Å². The normalized spacial score (nSPS) is 30.1. The van der Waals surface area contributed by atoms with Crippen molar-refractivity contribution in [2.24, 2.45) is 23.7 Å². The molecule has 0 unspecified atom stereocenters. The van der Waals surface area contributed by atoms with Crippen molar-refractivity contribution in [2.75, 3.05) is 5.32 Å². The molecule has 4 atom stereocenters. The number of hydrogen-bond acceptors (Lipinski definition) is 4. The number of aliphatic carboxylic acids is 1. The predicted octanol–water partition coefficient (Wildman–Crippen LogP) is 4.37. The Kier molecular flexibility index (Phi) is 5.80. The molecule has 3 saturated carbocycles. The maximum Gasteiger partial charge on any atom is 0.307 e. The van der Waals surface area contributed by atoms with Crippen LogP contribution in [-0.2, 0) is 22.4 Å². The first-order valence-corrected chi connectivity index (χ1v) is 12.8. The van der Waals surface area contributed by atoms with Gasteiger partial charge in [0.05, 0.1) is 17.4 Å². The molecule has 3 N–H and O–H groups in total. The maximum atomic E-state index is 13.3. The summed E-state index contributed by atoms with van der Waals surface area (Å²) in [5.41, 5.74) is 1.75. The number of carbonyl (C=O) groups excluding carboxylic acids is 2. The Morgan fingerprint density at radius 3 is 2.32 bits per heavy atom. The average molecular weight is 445 g/mol. The van der Waals surface area contributed by atoms with E-state index in [1.54, 1.807) is 0 Å². The van der Waals surface area contributed by atoms with Crippen LogP contribution < -0.4 is 10.6 Å². The van der Waals surface area contributed by atoms with E-state index in [2.05, 4.69) is 10.6 Å². The minimum absolute atomic E-state index is 0.0654. The quantitative estimate of drug-likeness (QED) is 0.628. The number of anilines is 1. The number of amides is 2. The minimum atomic E-state index is -0.854. The maximum absolute atomic E-state index is 13.3. The zero-order chi connectivity index (χ0) is 21.5. The van der Waals surface area contributed by atoms with Gasteiger partial charge in [-0.1, -0.05) is 19.3 Å². The molecule has 0 aromatic carbocycles. The highest BCUT2D eigenvalue weighted by molar-refractivity contribution is 7.17. The highest BCUT2D eigenvalue weighted by Gasteiger charge is 2.54. The zero-order valence-corrected chi connectivity index (χ0v) is 18.8. The van der Waals surface area contributed by atoms with Crippen molar-refractivity contribution in [2.45, 2.75) is 83.1 Å². The van der Waals surface area contributed by atoms with Crippen molar-refractivity contribution in [3.8, 4) is 0 Å². The molecule has 4 aliphatic carbocycles. The molecule has 1 heterocycles. The summed E-state index contributed by atoms with van der Waals surface area (Å²) in [6.07, 6.45) is 12.3. The Morgan fingerprint density at radius 2 is 1.58 bits per heavy atom. The average Bonchev–Trinajstić information content (AvgIpc) is 3.46. The second-order valence-electron chi connectivity index (χ2n) is 9.94. The van der Waals surface area contributed by atoms with E-state index in [1.807, 2.05) is 0 Å². The van der Waals surface area contributed by atoms with E-state index in [1.165, 1.54) is 22.6 Å². The molecule has 4 aliphatic rings. The lowest BCUT2D eigenvalue weighted by Crippen LogP contribution is -2.39. The number of aryl methyl sites for hydroxylation is 1. The fourth-order valence-electron chi connectivity index (χ4n) is 6.62. The van der Waals surface area contributed by atoms with Gasteiger partial charge in [-0.3, -0.25) is 14.4 Å². The van der Waals surface area contributed by atoms with Crippen LogP contribution in [0.15, 0.2) is 0 Å². The summed E-state index contributed by atoms with van der Waals surface area (Å²) in [6.45, 7) is 0. The summed E-state index contributed by atoms with van der Waals surface area (Å²) in [5, 5.41) is 16.7. The lowest BCUT2D eigenvalue weighted by molar-refractivity contribution is -0.148. The van der Waals surface area contributed by atoms with Gasteiger partial charge in [-0.15, -0.1) is 11.3 Å². The van der Waals surface area contributed by atoms with Crippen LogP contribution in [0.25, 0.3) is 0 Å². The molecule has 6 nitrogen and oxygen atoms in total. The number of carboxylic acids is 1. The first-order chi connectivity index (χ1) is 15.0. The number of carbonyl (C=O) groups is 3. The molecular formula is C24H32N2O4S. The predicted molar refractivity (Wildman–Crippen MR) is 119 cm³/mol. The van der Waals surface area contributed by atoms with E-state index < -0.39 is 17.8 Å². The Bertz CT molecular complexity index is 888. The van der Waals surface area contributed by atoms with Crippen molar-refractivity contribution < 1.29 is 19.5 Å². The van der Waals surface area contributed by atoms with Crippen molar-refractivity contribution in [3.05, 3.63) is 16.0 Å². The Hall–Kier alpha value is -1.89. The largest absolute Gasteiger partial charge is 0.481 e. The van der Waals surface area contributed by atoms with Gasteiger partial charge < -0.3 is 15.7 Å². The Balaban J connectivity index is 1.39. The second kappa shape index (κ2) is 8.57. The molecule has 0 spiro atoms. The van der Waals surface area contributed by atoms with Crippen LogP contribution >= 0.6 is 11.3 Å². The third kappa shape index (κ3) is 3.90. The van der Waals surface area contributed by atoms with Crippen LogP contribution in [0.1, 0.15) is 85.0 Å². The fourth-order valence-corrected chi connectivity index (χ4v) is 7.91. The Morgan fingerprint density at radius 1 is 0.871 bits per heavy atom. The van der Waals surface area contributed by atoms with E-state index in [9.17, 15) is 19.5 Å². The van der Waals surface area contributed by atoms with Crippen LogP contribution in [0.2, 0.25) is 0 Å². The minimum Gasteiger partial charge on any atom is -0.481 e. The van der Waals surface area contributed by atoms with Crippen molar-refractivity contribution >= 4 is 34.1 Å². The molecule has 0 radical (unpaired) electrons. The number of hydrogen-bond donors (Lipinski definition) is 3. The summed E-state index contributed by atoms with van der Waals surface area (Å²) in [7, 11) is 0. The number of fused-ring (bicyclic) bond motifs is 3. The standard InChI is InChI=1S/C24H32N2O4S/c27-21(18-13-10-11-14(12-13)19(18)24(29)30)26-23-20(16-8-4-5-9-17(16)31-23)22(28)25-15-6-2-1-3-7-15/h13-15,18-19H,1-12H2,(H,25,28)(H,26,27)(H,29,30)/t13-,14-,18-,19+/m0/s1. The molecular weight excluding hydrogens is 412 g/mol. The molecule has 0 saturated heterocycles. The van der Waals surface area contributed by atoms with Gasteiger partial charge in [0.1, 0.15) is 5.00 Å². The summed E-state index contributed by atoms with van der Waals surface area (Å²) < 4.78 is 0. The van der Waals surface area contributed by atoms with Crippen molar-refractivity contribution in [1.82, 2.24) is 5.32 Å². The van der Waals surface area contributed by atoms with Crippen molar-refractivity contribution in [1.29, 1.82) is 0 Å². The first-order valence-electron chi connectivity index (χ1n) is 12.0. The lowest BCUT2D eigenvalue weighted by Gasteiger charge is -2.27. The van der Waals surface area contributed by atoms with Crippen LogP contribution in [0.3, 0.4) is 0 Å². The van der Waals surface area contributed by atoms with Gasteiger partial charge in [-0.25, -0.2) is 0 Å². The summed E-state index contributed by atoms with van der Waals surface area (Å²) in [4.78, 5) is 39.7. The topological polar surface area (TPSA) is 95.5 Å². The molecule has 7 heteroatoms. The third-order valence-electron chi connectivity index (χ3n) is 8.08. The summed E-state index contributed by atoms with van der Waals surface area (Å²) >= 11 is 1.53. The van der Waals surface area contributed by atoms with E-state index in [-0.39, 0.29) is 29.7 Å². The van der Waals surface area contributed by atoms with Gasteiger partial charge in [-0.05, 0) is 75.2 Å². The van der Waals surface area contributed by atoms with Gasteiger partial charge in [0.25, 0.3) is 5.91 Å². The molecule has 168 valence electrons. The van der Waals surface area contributed by atoms with Gasteiger partial charge >= 0.3 is 5.97 Å². The first kappa shape index (κ1) is 21.0. The van der Waals surface area contributed by atoms with Crippen LogP contribution in [0.4, 0.5) is 5.00 Å². The smallest absolute Gasteiger partial charge is 0.307 e. The van der Waals surface area contributed by atoms with E-state index >= 15 is 0 Å². The number of nitrogens with one attached hydrogen (secondary N) is 2. The molecule has 3 fully saturated rings. The van der Waals surface area contributed by atoms with Crippen LogP contribution in [-0.4, -0.2) is 28.9 Å². The summed E-state index contributed by atoms with van der Waals surface area (Å²) in [6, 6.07) is 0.214. The second-order valence-corrected chi connectivity index (χ2v) is 11.0. The highest BCUT2D eigenvalue weighted by atomic mass is 32.1. The van der Waals surface area contributed by atoms with Gasteiger partial charge in [0.2, 0.25) is 5.91 Å². The Labute approximate surface area is 187 Å². The number of rotatable bonds is 5. The van der Waals surface area contributed by atoms with Crippen LogP contribution in [0, 0.1) is 23.7 Å².